The minimum absolute atomic E-state index is 0.136. The van der Waals surface area contributed by atoms with E-state index < -0.39 is 0 Å². The lowest BCUT2D eigenvalue weighted by molar-refractivity contribution is -0.129. The summed E-state index contributed by atoms with van der Waals surface area (Å²) in [5.41, 5.74) is 1.77. The van der Waals surface area contributed by atoms with E-state index in [4.69, 9.17) is 4.74 Å². The maximum Gasteiger partial charge on any atom is 0.267 e. The molecule has 0 bridgehead atoms. The molecule has 154 valence electrons. The maximum absolute atomic E-state index is 12.3. The van der Waals surface area contributed by atoms with Gasteiger partial charge in [-0.1, -0.05) is 0 Å². The van der Waals surface area contributed by atoms with Crippen LogP contribution in [0.1, 0.15) is 43.6 Å². The molecule has 3 amide bonds. The van der Waals surface area contributed by atoms with Crippen LogP contribution in [0.4, 0.5) is 5.69 Å². The number of benzene rings is 1. The molecule has 0 spiro atoms. The standard InChI is InChI=1S/C20H24N4O4S/c1-12-17(29-13(2)23-12)20(27)24-15-7-5-14(6-8-15)18(25)21-9-10-22-19(26)16-4-3-11-28-16/h5-8,16H,3-4,9-11H2,1-2H3,(H,21,25)(H,22,26)(H,24,27). The summed E-state index contributed by atoms with van der Waals surface area (Å²) in [5.74, 6) is -0.598. The van der Waals surface area contributed by atoms with Crippen molar-refractivity contribution in [1.82, 2.24) is 15.6 Å². The van der Waals surface area contributed by atoms with E-state index in [0.717, 1.165) is 17.8 Å². The number of nitrogens with zero attached hydrogens (tertiary/aromatic N) is 1. The molecule has 1 aliphatic rings. The summed E-state index contributed by atoms with van der Waals surface area (Å²) >= 11 is 1.35. The fourth-order valence-electron chi connectivity index (χ4n) is 3.00. The van der Waals surface area contributed by atoms with Crippen molar-refractivity contribution in [3.05, 3.63) is 45.4 Å². The SMILES string of the molecule is Cc1nc(C)c(C(=O)Nc2ccc(C(=O)NCCNC(=O)C3CCCO3)cc2)s1. The average Bonchev–Trinajstić information content (AvgIpc) is 3.35. The van der Waals surface area contributed by atoms with Crippen LogP contribution in [0.25, 0.3) is 0 Å². The molecular formula is C20H24N4O4S. The van der Waals surface area contributed by atoms with E-state index in [9.17, 15) is 14.4 Å². The predicted octanol–water partition coefficient (Wildman–Crippen LogP) is 2.04. The number of amides is 3. The van der Waals surface area contributed by atoms with Gasteiger partial charge in [0.1, 0.15) is 11.0 Å². The van der Waals surface area contributed by atoms with Crippen LogP contribution in [0.5, 0.6) is 0 Å². The minimum Gasteiger partial charge on any atom is -0.368 e. The van der Waals surface area contributed by atoms with Crippen LogP contribution in [0.15, 0.2) is 24.3 Å². The summed E-state index contributed by atoms with van der Waals surface area (Å²) in [7, 11) is 0. The molecule has 1 saturated heterocycles. The third-order valence-electron chi connectivity index (χ3n) is 4.45. The van der Waals surface area contributed by atoms with Crippen molar-refractivity contribution in [2.45, 2.75) is 32.8 Å². The zero-order valence-corrected chi connectivity index (χ0v) is 17.2. The number of rotatable bonds is 7. The summed E-state index contributed by atoms with van der Waals surface area (Å²) < 4.78 is 5.30. The van der Waals surface area contributed by atoms with E-state index >= 15 is 0 Å². The highest BCUT2D eigenvalue weighted by atomic mass is 32.1. The first kappa shape index (κ1) is 20.9. The van der Waals surface area contributed by atoms with E-state index in [1.165, 1.54) is 11.3 Å². The van der Waals surface area contributed by atoms with Gasteiger partial charge < -0.3 is 20.7 Å². The Morgan fingerprint density at radius 2 is 1.83 bits per heavy atom. The molecule has 1 aliphatic heterocycles. The topological polar surface area (TPSA) is 109 Å². The van der Waals surface area contributed by atoms with Gasteiger partial charge >= 0.3 is 0 Å². The molecule has 1 fully saturated rings. The van der Waals surface area contributed by atoms with Gasteiger partial charge in [-0.05, 0) is 51.0 Å². The summed E-state index contributed by atoms with van der Waals surface area (Å²) in [5, 5.41) is 9.16. The Hall–Kier alpha value is -2.78. The van der Waals surface area contributed by atoms with E-state index in [-0.39, 0.29) is 23.8 Å². The van der Waals surface area contributed by atoms with Crippen molar-refractivity contribution < 1.29 is 19.1 Å². The van der Waals surface area contributed by atoms with Crippen LogP contribution in [0.2, 0.25) is 0 Å². The van der Waals surface area contributed by atoms with Gasteiger partial charge in [-0.2, -0.15) is 0 Å². The van der Waals surface area contributed by atoms with Gasteiger partial charge in [-0.15, -0.1) is 11.3 Å². The number of ether oxygens (including phenoxy) is 1. The molecule has 2 aromatic rings. The zero-order chi connectivity index (χ0) is 20.8. The maximum atomic E-state index is 12.3. The molecule has 2 heterocycles. The lowest BCUT2D eigenvalue weighted by Gasteiger charge is -2.11. The molecule has 0 saturated carbocycles. The molecule has 3 N–H and O–H groups in total. The first-order valence-corrected chi connectivity index (χ1v) is 10.3. The molecule has 1 aromatic carbocycles. The monoisotopic (exact) mass is 416 g/mol. The normalized spacial score (nSPS) is 15.7. The third-order valence-corrected chi connectivity index (χ3v) is 5.52. The van der Waals surface area contributed by atoms with E-state index in [0.29, 0.717) is 41.5 Å². The number of anilines is 1. The van der Waals surface area contributed by atoms with Gasteiger partial charge in [0.15, 0.2) is 0 Å². The minimum atomic E-state index is -0.369. The average molecular weight is 417 g/mol. The number of aromatic nitrogens is 1. The first-order valence-electron chi connectivity index (χ1n) is 9.47. The molecule has 8 nitrogen and oxygen atoms in total. The predicted molar refractivity (Wildman–Crippen MR) is 110 cm³/mol. The highest BCUT2D eigenvalue weighted by Gasteiger charge is 2.22. The highest BCUT2D eigenvalue weighted by molar-refractivity contribution is 7.13. The number of nitrogens with one attached hydrogen (secondary N) is 3. The molecule has 1 atom stereocenters. The van der Waals surface area contributed by atoms with Crippen LogP contribution in [0, 0.1) is 13.8 Å². The lowest BCUT2D eigenvalue weighted by atomic mass is 10.2. The molecule has 0 aliphatic carbocycles. The van der Waals surface area contributed by atoms with Crippen LogP contribution >= 0.6 is 11.3 Å². The number of aryl methyl sites for hydroxylation is 2. The van der Waals surface area contributed by atoms with Crippen molar-refractivity contribution in [2.24, 2.45) is 0 Å². The first-order chi connectivity index (χ1) is 13.9. The second-order valence-corrected chi connectivity index (χ2v) is 7.93. The van der Waals surface area contributed by atoms with Crippen LogP contribution in [0.3, 0.4) is 0 Å². The second-order valence-electron chi connectivity index (χ2n) is 6.73. The quantitative estimate of drug-likeness (QED) is 0.599. The molecule has 0 radical (unpaired) electrons. The molecular weight excluding hydrogens is 392 g/mol. The summed E-state index contributed by atoms with van der Waals surface area (Å²) in [6.07, 6.45) is 1.27. The number of hydrogen-bond acceptors (Lipinski definition) is 6. The van der Waals surface area contributed by atoms with E-state index in [1.807, 2.05) is 6.92 Å². The van der Waals surface area contributed by atoms with Crippen molar-refractivity contribution in [1.29, 1.82) is 0 Å². The zero-order valence-electron chi connectivity index (χ0n) is 16.4. The van der Waals surface area contributed by atoms with Crippen LogP contribution in [-0.2, 0) is 9.53 Å². The van der Waals surface area contributed by atoms with Gasteiger partial charge in [-0.25, -0.2) is 4.98 Å². The largest absolute Gasteiger partial charge is 0.368 e. The second kappa shape index (κ2) is 9.62. The Balaban J connectivity index is 1.44. The summed E-state index contributed by atoms with van der Waals surface area (Å²) in [6.45, 7) is 4.94. The van der Waals surface area contributed by atoms with Crippen LogP contribution in [-0.4, -0.2) is 48.5 Å². The smallest absolute Gasteiger partial charge is 0.267 e. The van der Waals surface area contributed by atoms with E-state index in [2.05, 4.69) is 20.9 Å². The van der Waals surface area contributed by atoms with Gasteiger partial charge in [0.25, 0.3) is 11.8 Å². The highest BCUT2D eigenvalue weighted by Crippen LogP contribution is 2.19. The van der Waals surface area contributed by atoms with E-state index in [1.54, 1.807) is 31.2 Å². The van der Waals surface area contributed by atoms with Crippen molar-refractivity contribution in [3.63, 3.8) is 0 Å². The number of hydrogen-bond donors (Lipinski definition) is 3. The Bertz CT molecular complexity index is 888. The van der Waals surface area contributed by atoms with Crippen molar-refractivity contribution >= 4 is 34.7 Å². The Morgan fingerprint density at radius 1 is 1.10 bits per heavy atom. The number of carbonyl (C=O) groups excluding carboxylic acids is 3. The molecule has 1 unspecified atom stereocenters. The van der Waals surface area contributed by atoms with Gasteiger partial charge in [0.2, 0.25) is 5.91 Å². The summed E-state index contributed by atoms with van der Waals surface area (Å²) in [6, 6.07) is 6.63. The fourth-order valence-corrected chi connectivity index (χ4v) is 3.81. The molecule has 29 heavy (non-hydrogen) atoms. The number of carbonyl (C=O) groups is 3. The lowest BCUT2D eigenvalue weighted by Crippen LogP contribution is -2.39. The van der Waals surface area contributed by atoms with Gasteiger partial charge in [-0.3, -0.25) is 14.4 Å². The molecule has 3 rings (SSSR count). The summed E-state index contributed by atoms with van der Waals surface area (Å²) in [4.78, 5) is 41.2. The Kier molecular flexibility index (Phi) is 6.95. The van der Waals surface area contributed by atoms with Crippen LogP contribution < -0.4 is 16.0 Å². The van der Waals surface area contributed by atoms with Crippen molar-refractivity contribution in [2.75, 3.05) is 25.0 Å². The van der Waals surface area contributed by atoms with Gasteiger partial charge in [0, 0.05) is 30.9 Å². The third kappa shape index (κ3) is 5.61. The van der Waals surface area contributed by atoms with Gasteiger partial charge in [0.05, 0.1) is 10.7 Å². The fraction of sp³-hybridized carbons (Fsp3) is 0.400. The molecule has 9 heteroatoms. The number of thiazole rings is 1. The Morgan fingerprint density at radius 3 is 2.45 bits per heavy atom. The van der Waals surface area contributed by atoms with Crippen molar-refractivity contribution in [3.8, 4) is 0 Å². The Labute approximate surface area is 173 Å². The molecule has 1 aromatic heterocycles.